The van der Waals surface area contributed by atoms with Crippen molar-refractivity contribution in [3.8, 4) is 5.69 Å². The van der Waals surface area contributed by atoms with E-state index < -0.39 is 18.0 Å². The molecule has 1 amide bonds. The van der Waals surface area contributed by atoms with Crippen molar-refractivity contribution >= 4 is 29.3 Å². The molecule has 1 aromatic carbocycles. The van der Waals surface area contributed by atoms with E-state index in [0.717, 1.165) is 6.42 Å². The Morgan fingerprint density at radius 2 is 1.89 bits per heavy atom. The quantitative estimate of drug-likeness (QED) is 0.683. The summed E-state index contributed by atoms with van der Waals surface area (Å²) in [6.45, 7) is 5.25. The fourth-order valence-electron chi connectivity index (χ4n) is 2.82. The summed E-state index contributed by atoms with van der Waals surface area (Å²) in [6.07, 6.45) is 2.05. The molecule has 8 heteroatoms. The van der Waals surface area contributed by atoms with Crippen LogP contribution in [0.3, 0.4) is 0 Å². The monoisotopic (exact) mass is 405 g/mol. The zero-order valence-corrected chi connectivity index (χ0v) is 17.7. The molecule has 1 N–H and O–H groups in total. The molecule has 28 heavy (non-hydrogen) atoms. The number of thioether (sulfide) groups is 1. The van der Waals surface area contributed by atoms with Gasteiger partial charge in [0.25, 0.3) is 11.5 Å². The van der Waals surface area contributed by atoms with Gasteiger partial charge in [-0.1, -0.05) is 25.1 Å². The molecule has 152 valence electrons. The van der Waals surface area contributed by atoms with E-state index >= 15 is 0 Å². The molecule has 0 spiro atoms. The number of nitrogens with one attached hydrogen (secondary N) is 1. The topological polar surface area (TPSA) is 82.3 Å². The number of hydrogen-bond donors (Lipinski definition) is 1. The fourth-order valence-corrected chi connectivity index (χ4v) is 3.45. The Kier molecular flexibility index (Phi) is 7.51. The minimum absolute atomic E-state index is 0.164. The maximum absolute atomic E-state index is 12.8. The lowest BCUT2D eigenvalue weighted by Gasteiger charge is -2.15. The predicted octanol–water partition coefficient (Wildman–Crippen LogP) is 2.89. The van der Waals surface area contributed by atoms with Crippen molar-refractivity contribution in [2.75, 3.05) is 11.6 Å². The highest BCUT2D eigenvalue weighted by Gasteiger charge is 2.24. The molecule has 7 nitrogen and oxygen atoms in total. The number of carbonyl (C=O) groups is 2. The number of para-hydroxylation sites is 1. The number of rotatable bonds is 8. The highest BCUT2D eigenvalue weighted by Crippen LogP contribution is 2.17. The first kappa shape index (κ1) is 21.8. The first-order valence-electron chi connectivity index (χ1n) is 9.17. The molecule has 2 aromatic rings. The standard InChI is InChI=1S/C20H27N3O4S/c1-6-16(28-5)12-17(24)27-14(3)19(25)21-18-13(2)22(4)23(20(18)26)15-10-8-7-9-11-15/h7-11,14,16H,6,12H2,1-5H3,(H,21,25)/t14-,16+/m1/s1. The van der Waals surface area contributed by atoms with Crippen LogP contribution in [-0.2, 0) is 21.4 Å². The van der Waals surface area contributed by atoms with Crippen molar-refractivity contribution in [2.45, 2.75) is 45.0 Å². The molecule has 0 saturated carbocycles. The van der Waals surface area contributed by atoms with Gasteiger partial charge >= 0.3 is 5.97 Å². The SMILES string of the molecule is CC[C@@H](CC(=O)O[C@H](C)C(=O)Nc1c(C)n(C)n(-c2ccccc2)c1=O)SC. The average molecular weight is 406 g/mol. The Balaban J connectivity index is 2.14. The third-order valence-electron chi connectivity index (χ3n) is 4.66. The lowest BCUT2D eigenvalue weighted by Crippen LogP contribution is -2.32. The highest BCUT2D eigenvalue weighted by atomic mass is 32.2. The van der Waals surface area contributed by atoms with Crippen LogP contribution in [0, 0.1) is 6.92 Å². The third-order valence-corrected chi connectivity index (χ3v) is 5.83. The number of benzene rings is 1. The van der Waals surface area contributed by atoms with E-state index in [1.54, 1.807) is 30.4 Å². The minimum Gasteiger partial charge on any atom is -0.452 e. The van der Waals surface area contributed by atoms with Gasteiger partial charge in [0.2, 0.25) is 0 Å². The molecule has 2 atom stereocenters. The van der Waals surface area contributed by atoms with Gasteiger partial charge < -0.3 is 10.1 Å². The summed E-state index contributed by atoms with van der Waals surface area (Å²) in [5.74, 6) is -0.952. The first-order chi connectivity index (χ1) is 13.3. The van der Waals surface area contributed by atoms with Crippen molar-refractivity contribution in [3.63, 3.8) is 0 Å². The van der Waals surface area contributed by atoms with Crippen LogP contribution >= 0.6 is 11.8 Å². The summed E-state index contributed by atoms with van der Waals surface area (Å²) in [4.78, 5) is 37.3. The molecule has 0 radical (unpaired) electrons. The maximum atomic E-state index is 12.8. The summed E-state index contributed by atoms with van der Waals surface area (Å²) in [7, 11) is 1.75. The molecular formula is C20H27N3O4S. The molecular weight excluding hydrogens is 378 g/mol. The van der Waals surface area contributed by atoms with E-state index in [1.807, 2.05) is 43.5 Å². The van der Waals surface area contributed by atoms with E-state index in [1.165, 1.54) is 11.6 Å². The highest BCUT2D eigenvalue weighted by molar-refractivity contribution is 7.99. The molecule has 0 aliphatic rings. The molecule has 0 aliphatic carbocycles. The summed E-state index contributed by atoms with van der Waals surface area (Å²) in [6, 6.07) is 9.16. The largest absolute Gasteiger partial charge is 0.452 e. The zero-order chi connectivity index (χ0) is 20.8. The lowest BCUT2D eigenvalue weighted by atomic mass is 10.2. The van der Waals surface area contributed by atoms with Crippen LogP contribution in [0.2, 0.25) is 0 Å². The van der Waals surface area contributed by atoms with Crippen LogP contribution in [-0.4, -0.2) is 38.8 Å². The van der Waals surface area contributed by atoms with E-state index in [2.05, 4.69) is 5.32 Å². The zero-order valence-electron chi connectivity index (χ0n) is 16.9. The van der Waals surface area contributed by atoms with Crippen molar-refractivity contribution in [3.05, 3.63) is 46.4 Å². The van der Waals surface area contributed by atoms with Gasteiger partial charge in [0, 0.05) is 12.3 Å². The third kappa shape index (κ3) is 4.86. The molecule has 2 rings (SSSR count). The van der Waals surface area contributed by atoms with Crippen LogP contribution in [0.25, 0.3) is 5.69 Å². The van der Waals surface area contributed by atoms with Gasteiger partial charge in [0.15, 0.2) is 6.10 Å². The Hall–Kier alpha value is -2.48. The lowest BCUT2D eigenvalue weighted by molar-refractivity contribution is -0.153. The molecule has 1 aromatic heterocycles. The second-order valence-electron chi connectivity index (χ2n) is 6.53. The molecule has 1 heterocycles. The summed E-state index contributed by atoms with van der Waals surface area (Å²) in [5, 5.41) is 2.78. The van der Waals surface area contributed by atoms with Gasteiger partial charge in [-0.3, -0.25) is 19.1 Å². The van der Waals surface area contributed by atoms with Crippen molar-refractivity contribution in [1.29, 1.82) is 0 Å². The molecule has 0 saturated heterocycles. The normalized spacial score (nSPS) is 13.0. The van der Waals surface area contributed by atoms with Crippen LogP contribution in [0.15, 0.2) is 35.1 Å². The van der Waals surface area contributed by atoms with Crippen molar-refractivity contribution in [2.24, 2.45) is 7.05 Å². The summed E-state index contributed by atoms with van der Waals surface area (Å²) in [5.41, 5.74) is 1.14. The maximum Gasteiger partial charge on any atom is 0.307 e. The minimum atomic E-state index is -0.990. The van der Waals surface area contributed by atoms with Gasteiger partial charge in [0.05, 0.1) is 17.8 Å². The van der Waals surface area contributed by atoms with Gasteiger partial charge in [0.1, 0.15) is 5.69 Å². The van der Waals surface area contributed by atoms with E-state index in [4.69, 9.17) is 4.74 Å². The molecule has 0 unspecified atom stereocenters. The number of nitrogens with zero attached hydrogens (tertiary/aromatic N) is 2. The number of amides is 1. The van der Waals surface area contributed by atoms with Gasteiger partial charge in [-0.15, -0.1) is 0 Å². The molecule has 0 bridgehead atoms. The Bertz CT molecular complexity index is 885. The van der Waals surface area contributed by atoms with Crippen LogP contribution in [0.5, 0.6) is 0 Å². The van der Waals surface area contributed by atoms with Crippen LogP contribution in [0.1, 0.15) is 32.4 Å². The van der Waals surface area contributed by atoms with E-state index in [9.17, 15) is 14.4 Å². The number of esters is 1. The predicted molar refractivity (Wildman–Crippen MR) is 112 cm³/mol. The van der Waals surface area contributed by atoms with E-state index in [0.29, 0.717) is 11.4 Å². The second-order valence-corrected chi connectivity index (χ2v) is 7.67. The van der Waals surface area contributed by atoms with Gasteiger partial charge in [-0.05, 0) is 38.7 Å². The van der Waals surface area contributed by atoms with Crippen molar-refractivity contribution < 1.29 is 14.3 Å². The fraction of sp³-hybridized carbons (Fsp3) is 0.450. The molecule has 0 aliphatic heterocycles. The second kappa shape index (κ2) is 9.64. The summed E-state index contributed by atoms with van der Waals surface area (Å²) >= 11 is 1.59. The average Bonchev–Trinajstić information content (AvgIpc) is 2.89. The number of aromatic nitrogens is 2. The Morgan fingerprint density at radius 1 is 1.25 bits per heavy atom. The van der Waals surface area contributed by atoms with E-state index in [-0.39, 0.29) is 22.9 Å². The van der Waals surface area contributed by atoms with Gasteiger partial charge in [-0.25, -0.2) is 4.68 Å². The van der Waals surface area contributed by atoms with Gasteiger partial charge in [-0.2, -0.15) is 11.8 Å². The Labute approximate surface area is 169 Å². The summed E-state index contributed by atoms with van der Waals surface area (Å²) < 4.78 is 8.39. The first-order valence-corrected chi connectivity index (χ1v) is 10.5. The number of carbonyl (C=O) groups excluding carboxylic acids is 2. The number of ether oxygens (including phenoxy) is 1. The number of anilines is 1. The van der Waals surface area contributed by atoms with Crippen LogP contribution in [0.4, 0.5) is 5.69 Å². The Morgan fingerprint density at radius 3 is 2.46 bits per heavy atom. The number of hydrogen-bond acceptors (Lipinski definition) is 5. The molecule has 0 fully saturated rings. The van der Waals surface area contributed by atoms with Crippen LogP contribution < -0.4 is 10.9 Å². The smallest absolute Gasteiger partial charge is 0.307 e. The van der Waals surface area contributed by atoms with Crippen molar-refractivity contribution in [1.82, 2.24) is 9.36 Å².